The fraction of sp³-hybridized carbons (Fsp3) is 1.00. The van der Waals surface area contributed by atoms with Gasteiger partial charge >= 0.3 is 0 Å². The van der Waals surface area contributed by atoms with Gasteiger partial charge in [-0.05, 0) is 50.7 Å². The number of hydrogen-bond acceptors (Lipinski definition) is 1. The summed E-state index contributed by atoms with van der Waals surface area (Å²) in [7, 11) is 0. The van der Waals surface area contributed by atoms with Gasteiger partial charge in [-0.15, -0.1) is 0 Å². The molecule has 0 radical (unpaired) electrons. The first kappa shape index (κ1) is 11.0. The van der Waals surface area contributed by atoms with Gasteiger partial charge in [0.2, 0.25) is 0 Å². The van der Waals surface area contributed by atoms with E-state index in [9.17, 15) is 0 Å². The Labute approximate surface area is 83.5 Å². The molecule has 0 saturated carbocycles. The van der Waals surface area contributed by atoms with Gasteiger partial charge in [0, 0.05) is 0 Å². The summed E-state index contributed by atoms with van der Waals surface area (Å²) in [6.45, 7) is 11.1. The lowest BCUT2D eigenvalue weighted by atomic mass is 9.85. The number of hydrogen-bond donors (Lipinski definition) is 0. The third-order valence-corrected chi connectivity index (χ3v) is 3.26. The molecular formula is C12H25N. The molecule has 0 N–H and O–H groups in total. The van der Waals surface area contributed by atoms with Crippen molar-refractivity contribution in [3.63, 3.8) is 0 Å². The van der Waals surface area contributed by atoms with Gasteiger partial charge in [0.05, 0.1) is 0 Å². The molecule has 1 aliphatic heterocycles. The summed E-state index contributed by atoms with van der Waals surface area (Å²) in [5.74, 6) is 0. The molecule has 0 spiro atoms. The molecule has 78 valence electrons. The normalized spacial score (nSPS) is 24.2. The minimum Gasteiger partial charge on any atom is -0.303 e. The summed E-state index contributed by atoms with van der Waals surface area (Å²) in [4.78, 5) is 2.65. The van der Waals surface area contributed by atoms with Crippen LogP contribution in [-0.4, -0.2) is 24.5 Å². The second kappa shape index (κ2) is 4.99. The summed E-state index contributed by atoms with van der Waals surface area (Å²) in [6.07, 6.45) is 6.91. The molecule has 0 aliphatic carbocycles. The van der Waals surface area contributed by atoms with Crippen molar-refractivity contribution in [3.05, 3.63) is 0 Å². The third kappa shape index (κ3) is 4.12. The molecular weight excluding hydrogens is 158 g/mol. The van der Waals surface area contributed by atoms with E-state index in [-0.39, 0.29) is 0 Å². The highest BCUT2D eigenvalue weighted by atomic mass is 15.1. The summed E-state index contributed by atoms with van der Waals surface area (Å²) in [5, 5.41) is 0. The Hall–Kier alpha value is -0.0400. The van der Waals surface area contributed by atoms with Crippen LogP contribution in [-0.2, 0) is 0 Å². The van der Waals surface area contributed by atoms with Gasteiger partial charge in [-0.2, -0.15) is 0 Å². The average Bonchev–Trinajstić information content (AvgIpc) is 2.23. The fourth-order valence-corrected chi connectivity index (χ4v) is 2.08. The first-order chi connectivity index (χ1) is 6.14. The van der Waals surface area contributed by atoms with Crippen LogP contribution in [0.15, 0.2) is 0 Å². The lowest BCUT2D eigenvalue weighted by molar-refractivity contribution is 0.259. The second-order valence-electron chi connectivity index (χ2n) is 5.21. The molecule has 0 amide bonds. The van der Waals surface area contributed by atoms with Crippen LogP contribution < -0.4 is 0 Å². The molecule has 0 atom stereocenters. The number of rotatable bonds is 3. The monoisotopic (exact) mass is 183 g/mol. The smallest absolute Gasteiger partial charge is 0.00136 e. The SMILES string of the molecule is CCCCN1CCCC(C)(C)CC1. The van der Waals surface area contributed by atoms with Crippen LogP contribution in [0.4, 0.5) is 0 Å². The molecule has 1 aliphatic rings. The fourth-order valence-electron chi connectivity index (χ4n) is 2.08. The van der Waals surface area contributed by atoms with Gasteiger partial charge < -0.3 is 4.90 Å². The van der Waals surface area contributed by atoms with Crippen LogP contribution in [0.25, 0.3) is 0 Å². The molecule has 1 saturated heterocycles. The Kier molecular flexibility index (Phi) is 4.24. The minimum atomic E-state index is 0.598. The molecule has 1 fully saturated rings. The maximum absolute atomic E-state index is 2.65. The zero-order chi connectivity index (χ0) is 9.73. The van der Waals surface area contributed by atoms with E-state index in [2.05, 4.69) is 25.7 Å². The summed E-state index contributed by atoms with van der Waals surface area (Å²) >= 11 is 0. The van der Waals surface area contributed by atoms with Crippen LogP contribution >= 0.6 is 0 Å². The van der Waals surface area contributed by atoms with Gasteiger partial charge in [0.25, 0.3) is 0 Å². The van der Waals surface area contributed by atoms with Crippen LogP contribution in [0.2, 0.25) is 0 Å². The highest BCUT2D eigenvalue weighted by molar-refractivity contribution is 4.75. The average molecular weight is 183 g/mol. The van der Waals surface area contributed by atoms with Crippen molar-refractivity contribution in [2.24, 2.45) is 5.41 Å². The predicted octanol–water partition coefficient (Wildman–Crippen LogP) is 3.30. The Morgan fingerprint density at radius 2 is 1.92 bits per heavy atom. The topological polar surface area (TPSA) is 3.24 Å². The molecule has 0 unspecified atom stereocenters. The van der Waals surface area contributed by atoms with Crippen LogP contribution in [0.5, 0.6) is 0 Å². The quantitative estimate of drug-likeness (QED) is 0.649. The number of nitrogens with zero attached hydrogens (tertiary/aromatic N) is 1. The highest BCUT2D eigenvalue weighted by Crippen LogP contribution is 2.29. The highest BCUT2D eigenvalue weighted by Gasteiger charge is 2.22. The van der Waals surface area contributed by atoms with E-state index in [1.54, 1.807) is 0 Å². The predicted molar refractivity (Wildman–Crippen MR) is 59.0 cm³/mol. The Morgan fingerprint density at radius 1 is 1.15 bits per heavy atom. The van der Waals surface area contributed by atoms with E-state index >= 15 is 0 Å². The maximum Gasteiger partial charge on any atom is -0.00136 e. The number of unbranched alkanes of at least 4 members (excludes halogenated alkanes) is 1. The standard InChI is InChI=1S/C12H25N/c1-4-5-9-13-10-6-7-12(2,3)8-11-13/h4-11H2,1-3H3. The molecule has 0 aromatic carbocycles. The van der Waals surface area contributed by atoms with Crippen LogP contribution in [0, 0.1) is 5.41 Å². The summed E-state index contributed by atoms with van der Waals surface area (Å²) in [5.41, 5.74) is 0.598. The maximum atomic E-state index is 2.65. The zero-order valence-electron chi connectivity index (χ0n) is 9.60. The zero-order valence-corrected chi connectivity index (χ0v) is 9.60. The van der Waals surface area contributed by atoms with Crippen molar-refractivity contribution >= 4 is 0 Å². The van der Waals surface area contributed by atoms with E-state index in [4.69, 9.17) is 0 Å². The van der Waals surface area contributed by atoms with E-state index < -0.39 is 0 Å². The van der Waals surface area contributed by atoms with Crippen LogP contribution in [0.3, 0.4) is 0 Å². The lowest BCUT2D eigenvalue weighted by Crippen LogP contribution is -2.26. The summed E-state index contributed by atoms with van der Waals surface area (Å²) in [6, 6.07) is 0. The van der Waals surface area contributed by atoms with E-state index in [1.807, 2.05) is 0 Å². The third-order valence-electron chi connectivity index (χ3n) is 3.26. The Balaban J connectivity index is 2.28. The van der Waals surface area contributed by atoms with E-state index in [1.165, 1.54) is 51.7 Å². The molecule has 1 heteroatoms. The van der Waals surface area contributed by atoms with Crippen molar-refractivity contribution in [1.82, 2.24) is 4.90 Å². The molecule has 0 aromatic heterocycles. The van der Waals surface area contributed by atoms with Gasteiger partial charge in [0.1, 0.15) is 0 Å². The van der Waals surface area contributed by atoms with E-state index in [0.29, 0.717) is 5.41 Å². The number of likely N-dealkylation sites (tertiary alicyclic amines) is 1. The van der Waals surface area contributed by atoms with Gasteiger partial charge in [-0.25, -0.2) is 0 Å². The van der Waals surface area contributed by atoms with Crippen molar-refractivity contribution in [2.45, 2.75) is 52.9 Å². The first-order valence-electron chi connectivity index (χ1n) is 5.86. The summed E-state index contributed by atoms with van der Waals surface area (Å²) < 4.78 is 0. The van der Waals surface area contributed by atoms with Gasteiger partial charge in [-0.1, -0.05) is 27.2 Å². The van der Waals surface area contributed by atoms with E-state index in [0.717, 1.165) is 0 Å². The molecule has 1 heterocycles. The molecule has 0 bridgehead atoms. The lowest BCUT2D eigenvalue weighted by Gasteiger charge is -2.23. The van der Waals surface area contributed by atoms with Crippen molar-refractivity contribution in [3.8, 4) is 0 Å². The second-order valence-corrected chi connectivity index (χ2v) is 5.21. The largest absolute Gasteiger partial charge is 0.303 e. The Morgan fingerprint density at radius 3 is 2.62 bits per heavy atom. The van der Waals surface area contributed by atoms with Crippen molar-refractivity contribution in [2.75, 3.05) is 19.6 Å². The minimum absolute atomic E-state index is 0.598. The van der Waals surface area contributed by atoms with Crippen molar-refractivity contribution < 1.29 is 0 Å². The molecule has 1 nitrogen and oxygen atoms in total. The Bertz CT molecular complexity index is 140. The molecule has 1 rings (SSSR count). The van der Waals surface area contributed by atoms with Crippen LogP contribution in [0.1, 0.15) is 52.9 Å². The van der Waals surface area contributed by atoms with Gasteiger partial charge in [-0.3, -0.25) is 0 Å². The molecule has 0 aromatic rings. The first-order valence-corrected chi connectivity index (χ1v) is 5.86. The van der Waals surface area contributed by atoms with Gasteiger partial charge in [0.15, 0.2) is 0 Å². The van der Waals surface area contributed by atoms with Crippen molar-refractivity contribution in [1.29, 1.82) is 0 Å². The molecule has 13 heavy (non-hydrogen) atoms.